The van der Waals surface area contributed by atoms with Gasteiger partial charge in [0.05, 0.1) is 13.2 Å². The number of nitrogens with zero attached hydrogens (tertiary/aromatic N) is 2. The van der Waals surface area contributed by atoms with Crippen molar-refractivity contribution in [1.82, 2.24) is 4.90 Å². The lowest BCUT2D eigenvalue weighted by atomic mass is 9.96. The molecule has 0 radical (unpaired) electrons. The molecule has 1 heterocycles. The number of anilines is 1. The molecule has 1 aromatic rings. The van der Waals surface area contributed by atoms with Crippen molar-refractivity contribution in [3.63, 3.8) is 0 Å². The molecule has 7 heteroatoms. The third-order valence-corrected chi connectivity index (χ3v) is 6.10. The minimum Gasteiger partial charge on any atom is -0.497 e. The molecule has 1 aliphatic carbocycles. The summed E-state index contributed by atoms with van der Waals surface area (Å²) in [5.74, 6) is 1.70. The van der Waals surface area contributed by atoms with Crippen LogP contribution in [0.2, 0.25) is 0 Å². The molecule has 0 bridgehead atoms. The molecule has 1 amide bonds. The van der Waals surface area contributed by atoms with Crippen LogP contribution in [0, 0.1) is 0 Å². The van der Waals surface area contributed by atoms with E-state index < -0.39 is 0 Å². The molecule has 1 aromatic carbocycles. The number of thioether (sulfide) groups is 1. The Labute approximate surface area is 166 Å². The van der Waals surface area contributed by atoms with Crippen LogP contribution in [-0.4, -0.2) is 48.0 Å². The number of carbonyl (C=O) groups excluding carboxylic acids is 1. The van der Waals surface area contributed by atoms with E-state index in [2.05, 4.69) is 17.3 Å². The Kier molecular flexibility index (Phi) is 8.10. The Hall–Kier alpha value is -1.40. The van der Waals surface area contributed by atoms with Gasteiger partial charge in [0.2, 0.25) is 5.91 Å². The fourth-order valence-corrected chi connectivity index (χ4v) is 4.62. The van der Waals surface area contributed by atoms with Gasteiger partial charge in [0.15, 0.2) is 5.17 Å². The Bertz CT molecular complexity index is 635. The lowest BCUT2D eigenvalue weighted by Crippen LogP contribution is -2.34. The van der Waals surface area contributed by atoms with Gasteiger partial charge in [0, 0.05) is 37.0 Å². The normalized spacial score (nSPS) is 22.2. The Morgan fingerprint density at radius 1 is 1.35 bits per heavy atom. The van der Waals surface area contributed by atoms with Crippen molar-refractivity contribution in [2.75, 3.05) is 25.2 Å². The first-order chi connectivity index (χ1) is 12.2. The summed E-state index contributed by atoms with van der Waals surface area (Å²) in [6.45, 7) is 0. The van der Waals surface area contributed by atoms with Gasteiger partial charge in [-0.2, -0.15) is 0 Å². The Morgan fingerprint density at radius 2 is 2.12 bits per heavy atom. The number of halogens is 1. The van der Waals surface area contributed by atoms with Gasteiger partial charge in [-0.1, -0.05) is 37.1 Å². The minimum absolute atomic E-state index is 0. The smallest absolute Gasteiger partial charge is 0.226 e. The molecule has 1 saturated heterocycles. The van der Waals surface area contributed by atoms with Crippen LogP contribution in [0.1, 0.15) is 38.5 Å². The van der Waals surface area contributed by atoms with E-state index >= 15 is 0 Å². The third kappa shape index (κ3) is 5.55. The number of hydrogen-bond donors (Lipinski definition) is 1. The maximum atomic E-state index is 12.4. The summed E-state index contributed by atoms with van der Waals surface area (Å²) in [5, 5.41) is 4.07. The highest BCUT2D eigenvalue weighted by Crippen LogP contribution is 2.28. The molecule has 1 N–H and O–H groups in total. The molecule has 5 nitrogen and oxygen atoms in total. The predicted octanol–water partition coefficient (Wildman–Crippen LogP) is 4.18. The van der Waals surface area contributed by atoms with Crippen LogP contribution in [0.3, 0.4) is 0 Å². The van der Waals surface area contributed by atoms with Crippen LogP contribution >= 0.6 is 24.2 Å². The number of hydrogen-bond acceptors (Lipinski definition) is 4. The minimum atomic E-state index is 0. The molecule has 2 aliphatic rings. The van der Waals surface area contributed by atoms with Crippen molar-refractivity contribution in [2.45, 2.75) is 50.6 Å². The van der Waals surface area contributed by atoms with Crippen molar-refractivity contribution in [2.24, 2.45) is 4.99 Å². The summed E-state index contributed by atoms with van der Waals surface area (Å²) in [6.07, 6.45) is 6.82. The molecule has 0 aromatic heterocycles. The second-order valence-electron chi connectivity index (χ2n) is 6.76. The number of nitrogens with one attached hydrogen (secondary N) is 1. The molecule has 144 valence electrons. The van der Waals surface area contributed by atoms with Crippen LogP contribution in [0.5, 0.6) is 5.75 Å². The van der Waals surface area contributed by atoms with E-state index in [1.165, 1.54) is 32.1 Å². The average molecular weight is 398 g/mol. The molecule has 3 rings (SSSR count). The van der Waals surface area contributed by atoms with Crippen LogP contribution in [0.15, 0.2) is 29.3 Å². The molecule has 1 atom stereocenters. The van der Waals surface area contributed by atoms with Gasteiger partial charge < -0.3 is 15.0 Å². The van der Waals surface area contributed by atoms with Gasteiger partial charge in [-0.05, 0) is 25.0 Å². The zero-order valence-corrected chi connectivity index (χ0v) is 17.1. The van der Waals surface area contributed by atoms with Gasteiger partial charge >= 0.3 is 0 Å². The standard InChI is InChI=1S/C19H27N3O2S.ClH/c1-22-16(13-25-19(22)21-14-7-4-3-5-8-14)12-18(23)20-15-9-6-10-17(11-15)24-2;/h6,9-11,14,16H,3-5,7-8,12-13H2,1-2H3,(H,20,23);1H/b21-19-;. The summed E-state index contributed by atoms with van der Waals surface area (Å²) < 4.78 is 5.19. The lowest BCUT2D eigenvalue weighted by molar-refractivity contribution is -0.116. The Morgan fingerprint density at radius 3 is 2.85 bits per heavy atom. The molecular formula is C19H28ClN3O2S. The highest BCUT2D eigenvalue weighted by molar-refractivity contribution is 8.14. The maximum Gasteiger partial charge on any atom is 0.226 e. The number of amidine groups is 1. The van der Waals surface area contributed by atoms with E-state index in [0.717, 1.165) is 22.4 Å². The second kappa shape index (κ2) is 10.1. The van der Waals surface area contributed by atoms with E-state index in [1.807, 2.05) is 24.3 Å². The first-order valence-corrected chi connectivity index (χ1v) is 10.0. The zero-order chi connectivity index (χ0) is 17.6. The van der Waals surface area contributed by atoms with Gasteiger partial charge in [-0.3, -0.25) is 9.79 Å². The number of aliphatic imine (C=N–C) groups is 1. The molecular weight excluding hydrogens is 370 g/mol. The molecule has 1 unspecified atom stereocenters. The lowest BCUT2D eigenvalue weighted by Gasteiger charge is -2.23. The van der Waals surface area contributed by atoms with Gasteiger partial charge in [0.1, 0.15) is 5.75 Å². The topological polar surface area (TPSA) is 53.9 Å². The quantitative estimate of drug-likeness (QED) is 0.809. The number of rotatable bonds is 5. The van der Waals surface area contributed by atoms with Crippen molar-refractivity contribution < 1.29 is 9.53 Å². The van der Waals surface area contributed by atoms with Crippen LogP contribution < -0.4 is 10.1 Å². The molecule has 0 spiro atoms. The number of benzene rings is 1. The first kappa shape index (κ1) is 20.9. The summed E-state index contributed by atoms with van der Waals surface area (Å²) in [4.78, 5) is 19.5. The number of methoxy groups -OCH3 is 1. The zero-order valence-electron chi connectivity index (χ0n) is 15.4. The Balaban J connectivity index is 0.00000243. The second-order valence-corrected chi connectivity index (χ2v) is 7.75. The van der Waals surface area contributed by atoms with E-state index in [1.54, 1.807) is 18.9 Å². The SMILES string of the molecule is COc1cccc(NC(=O)CC2CS/C(=N\C3CCCCC3)N2C)c1.Cl. The van der Waals surface area contributed by atoms with Crippen molar-refractivity contribution in [3.8, 4) is 5.75 Å². The van der Waals surface area contributed by atoms with E-state index in [0.29, 0.717) is 12.5 Å². The molecule has 2 fully saturated rings. The number of carbonyl (C=O) groups is 1. The van der Waals surface area contributed by atoms with Gasteiger partial charge in [0.25, 0.3) is 0 Å². The van der Waals surface area contributed by atoms with E-state index in [-0.39, 0.29) is 24.4 Å². The van der Waals surface area contributed by atoms with Crippen molar-refractivity contribution in [1.29, 1.82) is 0 Å². The van der Waals surface area contributed by atoms with E-state index in [4.69, 9.17) is 9.73 Å². The molecule has 1 saturated carbocycles. The number of ether oxygens (including phenoxy) is 1. The predicted molar refractivity (Wildman–Crippen MR) is 112 cm³/mol. The average Bonchev–Trinajstić information content (AvgIpc) is 2.96. The summed E-state index contributed by atoms with van der Waals surface area (Å²) >= 11 is 1.78. The van der Waals surface area contributed by atoms with E-state index in [9.17, 15) is 4.79 Å². The van der Waals surface area contributed by atoms with Crippen LogP contribution in [0.4, 0.5) is 5.69 Å². The summed E-state index contributed by atoms with van der Waals surface area (Å²) in [5.41, 5.74) is 0.772. The largest absolute Gasteiger partial charge is 0.497 e. The first-order valence-electron chi connectivity index (χ1n) is 9.03. The van der Waals surface area contributed by atoms with Gasteiger partial charge in [-0.15, -0.1) is 12.4 Å². The van der Waals surface area contributed by atoms with Crippen LogP contribution in [-0.2, 0) is 4.79 Å². The summed E-state index contributed by atoms with van der Waals surface area (Å²) in [6, 6.07) is 8.14. The monoisotopic (exact) mass is 397 g/mol. The maximum absolute atomic E-state index is 12.4. The summed E-state index contributed by atoms with van der Waals surface area (Å²) in [7, 11) is 3.68. The van der Waals surface area contributed by atoms with Crippen molar-refractivity contribution >= 4 is 40.9 Å². The van der Waals surface area contributed by atoms with Crippen LogP contribution in [0.25, 0.3) is 0 Å². The highest BCUT2D eigenvalue weighted by atomic mass is 35.5. The van der Waals surface area contributed by atoms with Gasteiger partial charge in [-0.25, -0.2) is 0 Å². The highest BCUT2D eigenvalue weighted by Gasteiger charge is 2.29. The number of amides is 1. The fourth-order valence-electron chi connectivity index (χ4n) is 3.36. The molecule has 26 heavy (non-hydrogen) atoms. The fraction of sp³-hybridized carbons (Fsp3) is 0.579. The van der Waals surface area contributed by atoms with Crippen molar-refractivity contribution in [3.05, 3.63) is 24.3 Å². The molecule has 1 aliphatic heterocycles. The third-order valence-electron chi connectivity index (χ3n) is 4.90.